The van der Waals surface area contributed by atoms with E-state index in [0.29, 0.717) is 36.8 Å². The number of nitrogens with zero attached hydrogens (tertiary/aromatic N) is 1. The highest BCUT2D eigenvalue weighted by Crippen LogP contribution is 2.13. The van der Waals surface area contributed by atoms with Crippen LogP contribution in [-0.4, -0.2) is 35.7 Å². The molecule has 7 nitrogen and oxygen atoms in total. The number of carbonyl (C=O) groups is 1. The average molecular weight is 330 g/mol. The Kier molecular flexibility index (Phi) is 6.53. The third kappa shape index (κ3) is 5.86. The van der Waals surface area contributed by atoms with Crippen molar-refractivity contribution in [3.63, 3.8) is 0 Å². The van der Waals surface area contributed by atoms with E-state index in [4.69, 9.17) is 16.2 Å². The van der Waals surface area contributed by atoms with Crippen molar-refractivity contribution in [3.05, 3.63) is 53.7 Å². The Morgan fingerprint density at radius 1 is 1.25 bits per heavy atom. The fourth-order valence-corrected chi connectivity index (χ4v) is 2.12. The van der Waals surface area contributed by atoms with Crippen molar-refractivity contribution in [1.82, 2.24) is 10.3 Å². The molecule has 2 aromatic rings. The van der Waals surface area contributed by atoms with E-state index in [1.807, 2.05) is 12.1 Å². The van der Waals surface area contributed by atoms with Crippen LogP contribution in [0.5, 0.6) is 5.75 Å². The Morgan fingerprint density at radius 3 is 2.62 bits per heavy atom. The number of nitrogens with one attached hydrogen (secondary N) is 1. The van der Waals surface area contributed by atoms with E-state index in [1.165, 1.54) is 0 Å². The van der Waals surface area contributed by atoms with E-state index in [9.17, 15) is 9.90 Å². The maximum absolute atomic E-state index is 10.8. The van der Waals surface area contributed by atoms with Gasteiger partial charge in [0.1, 0.15) is 18.2 Å². The predicted molar refractivity (Wildman–Crippen MR) is 91.3 cm³/mol. The van der Waals surface area contributed by atoms with Crippen LogP contribution in [-0.2, 0) is 11.2 Å². The third-order valence-corrected chi connectivity index (χ3v) is 3.38. The second-order valence-electron chi connectivity index (χ2n) is 5.37. The van der Waals surface area contributed by atoms with Crippen LogP contribution in [0.15, 0.2) is 42.6 Å². The number of hydrogen-bond donors (Lipinski definition) is 4. The molecule has 1 heterocycles. The minimum absolute atomic E-state index is 0.222. The quantitative estimate of drug-likeness (QED) is 0.493. The van der Waals surface area contributed by atoms with Crippen molar-refractivity contribution < 1.29 is 14.6 Å². The molecule has 24 heavy (non-hydrogen) atoms. The molecule has 0 aliphatic rings. The van der Waals surface area contributed by atoms with Crippen LogP contribution in [0.2, 0.25) is 0 Å². The van der Waals surface area contributed by atoms with Gasteiger partial charge in [0, 0.05) is 24.8 Å². The van der Waals surface area contributed by atoms with Crippen molar-refractivity contribution in [2.75, 3.05) is 25.4 Å². The lowest BCUT2D eigenvalue weighted by Gasteiger charge is -2.12. The summed E-state index contributed by atoms with van der Waals surface area (Å²) in [6.07, 6.45) is 1.14. The number of rotatable bonds is 9. The van der Waals surface area contributed by atoms with Gasteiger partial charge in [-0.15, -0.1) is 0 Å². The molecule has 0 saturated carbocycles. The molecular weight excluding hydrogens is 308 g/mol. The second-order valence-corrected chi connectivity index (χ2v) is 5.37. The first-order valence-electron chi connectivity index (χ1n) is 7.65. The van der Waals surface area contributed by atoms with Gasteiger partial charge >= 0.3 is 0 Å². The lowest BCUT2D eigenvalue weighted by molar-refractivity contribution is -0.117. The predicted octanol–water partition coefficient (Wildman–Crippen LogP) is 0.394. The van der Waals surface area contributed by atoms with Crippen molar-refractivity contribution >= 4 is 11.7 Å². The first kappa shape index (κ1) is 17.7. The van der Waals surface area contributed by atoms with Crippen LogP contribution in [0.4, 0.5) is 5.82 Å². The van der Waals surface area contributed by atoms with E-state index in [2.05, 4.69) is 10.3 Å². The molecule has 1 aromatic carbocycles. The van der Waals surface area contributed by atoms with E-state index >= 15 is 0 Å². The molecule has 1 aromatic heterocycles. The van der Waals surface area contributed by atoms with Crippen LogP contribution in [0.3, 0.4) is 0 Å². The van der Waals surface area contributed by atoms with E-state index < -0.39 is 6.10 Å². The van der Waals surface area contributed by atoms with E-state index in [0.717, 1.165) is 5.56 Å². The van der Waals surface area contributed by atoms with Gasteiger partial charge < -0.3 is 26.6 Å². The summed E-state index contributed by atoms with van der Waals surface area (Å²) in [7, 11) is 0. The summed E-state index contributed by atoms with van der Waals surface area (Å²) in [4.78, 5) is 14.8. The molecule has 0 saturated heterocycles. The molecule has 1 amide bonds. The topological polar surface area (TPSA) is 123 Å². The number of aliphatic hydroxyl groups excluding tert-OH is 1. The van der Waals surface area contributed by atoms with Gasteiger partial charge in [0.05, 0.1) is 12.5 Å². The van der Waals surface area contributed by atoms with Gasteiger partial charge in [0.25, 0.3) is 0 Å². The highest BCUT2D eigenvalue weighted by molar-refractivity contribution is 5.76. The smallest absolute Gasteiger partial charge is 0.221 e. The Hall–Kier alpha value is -2.64. The molecule has 128 valence electrons. The van der Waals surface area contributed by atoms with Gasteiger partial charge in [0.15, 0.2) is 0 Å². The van der Waals surface area contributed by atoms with Crippen molar-refractivity contribution in [1.29, 1.82) is 0 Å². The van der Waals surface area contributed by atoms with Crippen molar-refractivity contribution in [2.24, 2.45) is 5.73 Å². The highest BCUT2D eigenvalue weighted by atomic mass is 16.5. The van der Waals surface area contributed by atoms with Gasteiger partial charge in [-0.05, 0) is 23.8 Å². The Bertz CT molecular complexity index is 644. The zero-order chi connectivity index (χ0) is 17.4. The Labute approximate surface area is 140 Å². The molecule has 1 atom stereocenters. The molecule has 0 unspecified atom stereocenters. The average Bonchev–Trinajstić information content (AvgIpc) is 2.56. The van der Waals surface area contributed by atoms with Crippen molar-refractivity contribution in [3.8, 4) is 5.75 Å². The number of amides is 1. The minimum Gasteiger partial charge on any atom is -0.492 e. The van der Waals surface area contributed by atoms with Crippen molar-refractivity contribution in [2.45, 2.75) is 12.5 Å². The summed E-state index contributed by atoms with van der Waals surface area (Å²) in [5.41, 5.74) is 12.2. The lowest BCUT2D eigenvalue weighted by atomic mass is 10.1. The van der Waals surface area contributed by atoms with Crippen LogP contribution < -0.4 is 21.5 Å². The lowest BCUT2D eigenvalue weighted by Crippen LogP contribution is -2.26. The summed E-state index contributed by atoms with van der Waals surface area (Å²) >= 11 is 0. The Morgan fingerprint density at radius 2 is 2.00 bits per heavy atom. The van der Waals surface area contributed by atoms with E-state index in [1.54, 1.807) is 30.5 Å². The summed E-state index contributed by atoms with van der Waals surface area (Å²) in [5, 5.41) is 13.1. The zero-order valence-corrected chi connectivity index (χ0v) is 13.3. The fraction of sp³-hybridized carbons (Fsp3) is 0.294. The maximum Gasteiger partial charge on any atom is 0.221 e. The third-order valence-electron chi connectivity index (χ3n) is 3.38. The monoisotopic (exact) mass is 330 g/mol. The minimum atomic E-state index is -0.647. The number of ether oxygens (including phenoxy) is 1. The number of hydrogen-bond acceptors (Lipinski definition) is 6. The molecule has 7 heteroatoms. The van der Waals surface area contributed by atoms with Crippen LogP contribution in [0.25, 0.3) is 0 Å². The van der Waals surface area contributed by atoms with Crippen LogP contribution >= 0.6 is 0 Å². The summed E-state index contributed by atoms with van der Waals surface area (Å²) in [6, 6.07) is 10.6. The van der Waals surface area contributed by atoms with E-state index in [-0.39, 0.29) is 12.3 Å². The number of carbonyl (C=O) groups excluding carboxylic acids is 1. The van der Waals surface area contributed by atoms with Crippen LogP contribution in [0.1, 0.15) is 17.2 Å². The molecule has 0 bridgehead atoms. The SMILES string of the molecule is NC(=O)Cc1ccc(OCCNC[C@H](O)c2ccc(N)nc2)cc1. The largest absolute Gasteiger partial charge is 0.492 e. The van der Waals surface area contributed by atoms with Gasteiger partial charge in [-0.2, -0.15) is 0 Å². The number of pyridine rings is 1. The molecule has 0 aliphatic heterocycles. The highest BCUT2D eigenvalue weighted by Gasteiger charge is 2.07. The molecule has 2 rings (SSSR count). The first-order valence-corrected chi connectivity index (χ1v) is 7.65. The number of aliphatic hydroxyl groups is 1. The number of primary amides is 1. The molecule has 0 aliphatic carbocycles. The number of aromatic nitrogens is 1. The molecule has 0 fully saturated rings. The normalized spacial score (nSPS) is 11.9. The second kappa shape index (κ2) is 8.85. The summed E-state index contributed by atoms with van der Waals surface area (Å²) in [6.45, 7) is 1.44. The summed E-state index contributed by atoms with van der Waals surface area (Å²) in [5.74, 6) is 0.783. The van der Waals surface area contributed by atoms with Gasteiger partial charge in [-0.25, -0.2) is 4.98 Å². The maximum atomic E-state index is 10.8. The number of benzene rings is 1. The molecule has 6 N–H and O–H groups in total. The van der Waals surface area contributed by atoms with Crippen LogP contribution in [0, 0.1) is 0 Å². The van der Waals surface area contributed by atoms with Gasteiger partial charge in [-0.3, -0.25) is 4.79 Å². The number of nitrogen functional groups attached to an aromatic ring is 1. The fourth-order valence-electron chi connectivity index (χ4n) is 2.12. The standard InChI is InChI=1S/C17H22N4O3/c18-16-6-3-13(10-21-16)15(22)11-20-7-8-24-14-4-1-12(2-5-14)9-17(19)23/h1-6,10,15,20,22H,7-9,11H2,(H2,18,21)(H2,19,23)/t15-/m0/s1. The number of nitrogens with two attached hydrogens (primary N) is 2. The molecule has 0 radical (unpaired) electrons. The summed E-state index contributed by atoms with van der Waals surface area (Å²) < 4.78 is 5.58. The Balaban J connectivity index is 1.65. The molecule has 0 spiro atoms. The zero-order valence-electron chi connectivity index (χ0n) is 13.3. The number of anilines is 1. The van der Waals surface area contributed by atoms with Gasteiger partial charge in [-0.1, -0.05) is 18.2 Å². The van der Waals surface area contributed by atoms with Gasteiger partial charge in [0.2, 0.25) is 5.91 Å². The first-order chi connectivity index (χ1) is 11.5. The molecular formula is C17H22N4O3.